The van der Waals surface area contributed by atoms with Gasteiger partial charge in [-0.2, -0.15) is 9.61 Å². The second kappa shape index (κ2) is 7.38. The lowest BCUT2D eigenvalue weighted by Crippen LogP contribution is -2.07. The third kappa shape index (κ3) is 3.74. The average Bonchev–Trinajstić information content (AvgIpc) is 3.00. The molecule has 4 aromatic rings. The van der Waals surface area contributed by atoms with Gasteiger partial charge in [-0.3, -0.25) is 0 Å². The fraction of sp³-hybridized carbons (Fsp3) is 0.0526. The van der Waals surface area contributed by atoms with Gasteiger partial charge in [0.1, 0.15) is 11.6 Å². The third-order valence-electron chi connectivity index (χ3n) is 4.00. The average molecular weight is 464 g/mol. The molecule has 0 radical (unpaired) electrons. The molecule has 0 unspecified atom stereocenters. The van der Waals surface area contributed by atoms with E-state index in [9.17, 15) is 5.11 Å². The molecule has 0 aliphatic rings. The van der Waals surface area contributed by atoms with Crippen molar-refractivity contribution in [3.05, 3.63) is 74.8 Å². The molecule has 0 saturated heterocycles. The van der Waals surface area contributed by atoms with Crippen LogP contribution in [-0.2, 0) is 6.54 Å². The van der Waals surface area contributed by atoms with E-state index in [2.05, 4.69) is 31.3 Å². The van der Waals surface area contributed by atoms with Crippen molar-refractivity contribution in [2.24, 2.45) is 0 Å². The standard InChI is InChI=1S/C19H13BrCl2N4O/c20-15-10-24-26-18(23-9-11-5-12(21)7-13(22)6-11)8-16(25-19(15)26)14-3-1-2-4-17(14)27/h1-8,10,23,27H,9H2. The van der Waals surface area contributed by atoms with Crippen molar-refractivity contribution < 1.29 is 5.11 Å². The lowest BCUT2D eigenvalue weighted by molar-refractivity contribution is 0.477. The minimum atomic E-state index is 0.164. The molecule has 27 heavy (non-hydrogen) atoms. The zero-order chi connectivity index (χ0) is 19.0. The number of rotatable bonds is 4. The van der Waals surface area contributed by atoms with Gasteiger partial charge >= 0.3 is 0 Å². The van der Waals surface area contributed by atoms with Crippen molar-refractivity contribution in [2.75, 3.05) is 5.32 Å². The predicted molar refractivity (Wildman–Crippen MR) is 112 cm³/mol. The summed E-state index contributed by atoms with van der Waals surface area (Å²) in [5, 5.41) is 19.0. The number of phenolic OH excluding ortho intramolecular Hbond substituents is 1. The first-order chi connectivity index (χ1) is 13.0. The first-order valence-electron chi connectivity index (χ1n) is 8.03. The fourth-order valence-corrected chi connectivity index (χ4v) is 3.72. The van der Waals surface area contributed by atoms with Gasteiger partial charge in [0.15, 0.2) is 5.65 Å². The van der Waals surface area contributed by atoms with E-state index < -0.39 is 0 Å². The number of anilines is 1. The molecule has 2 heterocycles. The summed E-state index contributed by atoms with van der Waals surface area (Å²) < 4.78 is 2.45. The SMILES string of the molecule is Oc1ccccc1-c1cc(NCc2cc(Cl)cc(Cl)c2)n2ncc(Br)c2n1. The van der Waals surface area contributed by atoms with Crippen molar-refractivity contribution >= 4 is 50.6 Å². The van der Waals surface area contributed by atoms with Gasteiger partial charge in [-0.05, 0) is 51.8 Å². The van der Waals surface area contributed by atoms with E-state index in [1.165, 1.54) is 0 Å². The smallest absolute Gasteiger partial charge is 0.172 e. The molecule has 8 heteroatoms. The number of hydrogen-bond donors (Lipinski definition) is 2. The molecule has 5 nitrogen and oxygen atoms in total. The molecule has 0 fully saturated rings. The van der Waals surface area contributed by atoms with Crippen molar-refractivity contribution in [3.63, 3.8) is 0 Å². The van der Waals surface area contributed by atoms with Crippen LogP contribution in [0, 0.1) is 0 Å². The van der Waals surface area contributed by atoms with Crippen molar-refractivity contribution in [1.82, 2.24) is 14.6 Å². The molecule has 0 saturated carbocycles. The van der Waals surface area contributed by atoms with Gasteiger partial charge in [0.2, 0.25) is 0 Å². The summed E-state index contributed by atoms with van der Waals surface area (Å²) in [5.41, 5.74) is 2.85. The summed E-state index contributed by atoms with van der Waals surface area (Å²) >= 11 is 15.6. The molecule has 0 aliphatic carbocycles. The highest BCUT2D eigenvalue weighted by Gasteiger charge is 2.13. The maximum atomic E-state index is 10.2. The van der Waals surface area contributed by atoms with E-state index in [0.29, 0.717) is 33.5 Å². The zero-order valence-corrected chi connectivity index (χ0v) is 16.9. The van der Waals surface area contributed by atoms with Crippen molar-refractivity contribution in [3.8, 4) is 17.0 Å². The number of halogens is 3. The van der Waals surface area contributed by atoms with Gasteiger partial charge in [0.25, 0.3) is 0 Å². The van der Waals surface area contributed by atoms with Crippen LogP contribution < -0.4 is 5.32 Å². The van der Waals surface area contributed by atoms with Crippen molar-refractivity contribution in [2.45, 2.75) is 6.54 Å². The monoisotopic (exact) mass is 462 g/mol. The van der Waals surface area contributed by atoms with Crippen LogP contribution in [-0.4, -0.2) is 19.7 Å². The second-order valence-electron chi connectivity index (χ2n) is 5.90. The van der Waals surface area contributed by atoms with E-state index in [4.69, 9.17) is 23.2 Å². The van der Waals surface area contributed by atoms with Crippen molar-refractivity contribution in [1.29, 1.82) is 0 Å². The van der Waals surface area contributed by atoms with E-state index in [1.54, 1.807) is 28.9 Å². The van der Waals surface area contributed by atoms with Crippen LogP contribution in [0.15, 0.2) is 59.2 Å². The Kier molecular flexibility index (Phi) is 4.95. The number of hydrogen-bond acceptors (Lipinski definition) is 4. The van der Waals surface area contributed by atoms with Crippen LogP contribution in [0.2, 0.25) is 10.0 Å². The molecule has 0 bridgehead atoms. The highest BCUT2D eigenvalue weighted by atomic mass is 79.9. The Labute approximate surface area is 173 Å². The number of aromatic nitrogens is 3. The van der Waals surface area contributed by atoms with Gasteiger partial charge in [-0.25, -0.2) is 4.98 Å². The lowest BCUT2D eigenvalue weighted by Gasteiger charge is -2.12. The maximum Gasteiger partial charge on any atom is 0.172 e. The largest absolute Gasteiger partial charge is 0.507 e. The lowest BCUT2D eigenvalue weighted by atomic mass is 10.1. The number of phenols is 1. The zero-order valence-electron chi connectivity index (χ0n) is 13.8. The van der Waals surface area contributed by atoms with E-state index in [-0.39, 0.29) is 5.75 Å². The molecule has 0 atom stereocenters. The molecule has 0 amide bonds. The van der Waals surface area contributed by atoms with E-state index in [1.807, 2.05) is 30.3 Å². The summed E-state index contributed by atoms with van der Waals surface area (Å²) in [6, 6.07) is 14.3. The van der Waals surface area contributed by atoms with Crippen LogP contribution in [0.1, 0.15) is 5.56 Å². The first-order valence-corrected chi connectivity index (χ1v) is 9.57. The normalized spacial score (nSPS) is 11.1. The van der Waals surface area contributed by atoms with Crippen LogP contribution >= 0.6 is 39.1 Å². The molecule has 4 rings (SSSR count). The predicted octanol–water partition coefficient (Wildman–Crippen LogP) is 5.78. The summed E-state index contributed by atoms with van der Waals surface area (Å²) in [4.78, 5) is 4.62. The number of nitrogens with zero attached hydrogens (tertiary/aromatic N) is 3. The van der Waals surface area contributed by atoms with Gasteiger partial charge in [-0.15, -0.1) is 0 Å². The molecular weight excluding hydrogens is 451 g/mol. The minimum Gasteiger partial charge on any atom is -0.507 e. The maximum absolute atomic E-state index is 10.2. The number of nitrogens with one attached hydrogen (secondary N) is 1. The Balaban J connectivity index is 1.76. The Bertz CT molecular complexity index is 1130. The summed E-state index contributed by atoms with van der Waals surface area (Å²) in [6.07, 6.45) is 1.68. The molecule has 0 aliphatic heterocycles. The van der Waals surface area contributed by atoms with Gasteiger partial charge in [0, 0.05) is 28.2 Å². The van der Waals surface area contributed by atoms with Crippen LogP contribution in [0.3, 0.4) is 0 Å². The highest BCUT2D eigenvalue weighted by Crippen LogP contribution is 2.31. The van der Waals surface area contributed by atoms with Gasteiger partial charge in [-0.1, -0.05) is 35.3 Å². The van der Waals surface area contributed by atoms with Gasteiger partial charge < -0.3 is 10.4 Å². The second-order valence-corrected chi connectivity index (χ2v) is 7.63. The molecule has 2 N–H and O–H groups in total. The number of para-hydroxylation sites is 1. The summed E-state index contributed by atoms with van der Waals surface area (Å²) in [6.45, 7) is 0.497. The summed E-state index contributed by atoms with van der Waals surface area (Å²) in [7, 11) is 0. The molecular formula is C19H13BrCl2N4O. The Hall–Kier alpha value is -2.28. The number of fused-ring (bicyclic) bond motifs is 1. The highest BCUT2D eigenvalue weighted by molar-refractivity contribution is 9.10. The molecule has 136 valence electrons. The summed E-state index contributed by atoms with van der Waals surface area (Å²) in [5.74, 6) is 0.887. The first kappa shape index (κ1) is 18.1. The Morgan fingerprint density at radius 3 is 2.56 bits per heavy atom. The van der Waals surface area contributed by atoms with Gasteiger partial charge in [0.05, 0.1) is 16.4 Å². The third-order valence-corrected chi connectivity index (χ3v) is 5.00. The number of benzene rings is 2. The van der Waals surface area contributed by atoms with E-state index in [0.717, 1.165) is 15.9 Å². The Morgan fingerprint density at radius 1 is 1.07 bits per heavy atom. The number of aromatic hydroxyl groups is 1. The minimum absolute atomic E-state index is 0.164. The molecule has 2 aromatic heterocycles. The van der Waals surface area contributed by atoms with Crippen LogP contribution in [0.25, 0.3) is 16.9 Å². The van der Waals surface area contributed by atoms with E-state index >= 15 is 0 Å². The Morgan fingerprint density at radius 2 is 1.81 bits per heavy atom. The van der Waals surface area contributed by atoms with Crippen LogP contribution in [0.4, 0.5) is 5.82 Å². The fourth-order valence-electron chi connectivity index (χ4n) is 2.80. The van der Waals surface area contributed by atoms with Crippen LogP contribution in [0.5, 0.6) is 5.75 Å². The quantitative estimate of drug-likeness (QED) is 0.402. The topological polar surface area (TPSA) is 62.5 Å². The molecule has 0 spiro atoms. The molecule has 2 aromatic carbocycles.